The standard InChI is InChI=1S/C23H24N4O2/c1-15(28)16-6-5-7-19(14-16)24-21-13-12-20(26-27-21)22(29)25-18-10-8-17(9-11-18)23(2,3)4/h5-14H,1-4H3,(H,24,27)(H,25,29). The molecule has 2 N–H and O–H groups in total. The molecule has 0 bridgehead atoms. The lowest BCUT2D eigenvalue weighted by atomic mass is 9.87. The van der Waals surface area contributed by atoms with Crippen molar-refractivity contribution < 1.29 is 9.59 Å². The fourth-order valence-electron chi connectivity index (χ4n) is 2.73. The minimum absolute atomic E-state index is 0.0118. The molecule has 0 spiro atoms. The van der Waals surface area contributed by atoms with Gasteiger partial charge in [0.25, 0.3) is 5.91 Å². The Bertz CT molecular complexity index is 1020. The van der Waals surface area contributed by atoms with Crippen LogP contribution in [0, 0.1) is 0 Å². The molecule has 3 rings (SSSR count). The first-order valence-corrected chi connectivity index (χ1v) is 9.36. The van der Waals surface area contributed by atoms with Crippen LogP contribution in [0.4, 0.5) is 17.2 Å². The van der Waals surface area contributed by atoms with Crippen LogP contribution < -0.4 is 10.6 Å². The van der Waals surface area contributed by atoms with E-state index < -0.39 is 0 Å². The van der Waals surface area contributed by atoms with E-state index in [9.17, 15) is 9.59 Å². The fourth-order valence-corrected chi connectivity index (χ4v) is 2.73. The normalized spacial score (nSPS) is 11.0. The number of aromatic nitrogens is 2. The Morgan fingerprint density at radius 2 is 1.59 bits per heavy atom. The smallest absolute Gasteiger partial charge is 0.276 e. The third-order valence-corrected chi connectivity index (χ3v) is 4.45. The molecule has 0 fully saturated rings. The van der Waals surface area contributed by atoms with Crippen molar-refractivity contribution in [1.29, 1.82) is 0 Å². The van der Waals surface area contributed by atoms with Gasteiger partial charge in [0.15, 0.2) is 17.3 Å². The molecule has 2 aromatic carbocycles. The van der Waals surface area contributed by atoms with Crippen LogP contribution in [0.2, 0.25) is 0 Å². The van der Waals surface area contributed by atoms with Crippen molar-refractivity contribution in [3.63, 3.8) is 0 Å². The molecule has 1 heterocycles. The Kier molecular flexibility index (Phi) is 5.73. The molecule has 1 amide bonds. The minimum Gasteiger partial charge on any atom is -0.339 e. The lowest BCUT2D eigenvalue weighted by Crippen LogP contribution is -2.15. The topological polar surface area (TPSA) is 84.0 Å². The van der Waals surface area contributed by atoms with Crippen LogP contribution in [0.5, 0.6) is 0 Å². The highest BCUT2D eigenvalue weighted by atomic mass is 16.2. The molecule has 29 heavy (non-hydrogen) atoms. The molecule has 6 nitrogen and oxygen atoms in total. The molecule has 6 heteroatoms. The first kappa shape index (κ1) is 20.2. The van der Waals surface area contributed by atoms with Crippen molar-refractivity contribution in [2.24, 2.45) is 0 Å². The number of ketones is 1. The molecule has 3 aromatic rings. The number of nitrogens with one attached hydrogen (secondary N) is 2. The van der Waals surface area contributed by atoms with Gasteiger partial charge in [-0.25, -0.2) is 0 Å². The van der Waals surface area contributed by atoms with Gasteiger partial charge in [-0.2, -0.15) is 0 Å². The molecule has 0 atom stereocenters. The average Bonchev–Trinajstić information content (AvgIpc) is 2.68. The highest BCUT2D eigenvalue weighted by Gasteiger charge is 2.14. The maximum absolute atomic E-state index is 12.4. The van der Waals surface area contributed by atoms with Gasteiger partial charge in [0, 0.05) is 16.9 Å². The third kappa shape index (κ3) is 5.25. The average molecular weight is 388 g/mol. The largest absolute Gasteiger partial charge is 0.339 e. The number of benzene rings is 2. The van der Waals surface area contributed by atoms with E-state index in [0.717, 1.165) is 5.69 Å². The van der Waals surface area contributed by atoms with Crippen LogP contribution in [-0.4, -0.2) is 21.9 Å². The molecule has 0 saturated carbocycles. The van der Waals surface area contributed by atoms with Crippen LogP contribution in [0.1, 0.15) is 54.1 Å². The molecule has 0 aliphatic rings. The van der Waals surface area contributed by atoms with E-state index in [2.05, 4.69) is 41.6 Å². The van der Waals surface area contributed by atoms with Crippen LogP contribution in [-0.2, 0) is 5.41 Å². The summed E-state index contributed by atoms with van der Waals surface area (Å²) >= 11 is 0. The second kappa shape index (κ2) is 8.22. The monoisotopic (exact) mass is 388 g/mol. The summed E-state index contributed by atoms with van der Waals surface area (Å²) in [5, 5.41) is 13.9. The number of amides is 1. The predicted molar refractivity (Wildman–Crippen MR) is 115 cm³/mol. The SMILES string of the molecule is CC(=O)c1cccc(Nc2ccc(C(=O)Nc3ccc(C(C)(C)C)cc3)nn2)c1. The predicted octanol–water partition coefficient (Wildman–Crippen LogP) is 4.97. The Labute approximate surface area is 170 Å². The molecular weight excluding hydrogens is 364 g/mol. The fraction of sp³-hybridized carbons (Fsp3) is 0.217. The number of nitrogens with zero attached hydrogens (tertiary/aromatic N) is 2. The van der Waals surface area contributed by atoms with Crippen LogP contribution in [0.25, 0.3) is 0 Å². The van der Waals surface area contributed by atoms with Gasteiger partial charge in [0.05, 0.1) is 0 Å². The summed E-state index contributed by atoms with van der Waals surface area (Å²) in [5.74, 6) is 0.144. The molecular formula is C23H24N4O2. The van der Waals surface area contributed by atoms with E-state index >= 15 is 0 Å². The zero-order valence-corrected chi connectivity index (χ0v) is 17.0. The highest BCUT2D eigenvalue weighted by molar-refractivity contribution is 6.02. The number of Topliss-reactive ketones (excluding diaryl/α,β-unsaturated/α-hetero) is 1. The Hall–Kier alpha value is -3.54. The van der Waals surface area contributed by atoms with Crippen LogP contribution >= 0.6 is 0 Å². The third-order valence-electron chi connectivity index (χ3n) is 4.45. The highest BCUT2D eigenvalue weighted by Crippen LogP contribution is 2.23. The second-order valence-corrected chi connectivity index (χ2v) is 7.85. The summed E-state index contributed by atoms with van der Waals surface area (Å²) in [4.78, 5) is 23.9. The number of carbonyl (C=O) groups excluding carboxylic acids is 2. The van der Waals surface area contributed by atoms with Crippen molar-refractivity contribution in [3.05, 3.63) is 77.5 Å². The van der Waals surface area contributed by atoms with Gasteiger partial charge >= 0.3 is 0 Å². The first-order chi connectivity index (χ1) is 13.7. The number of anilines is 3. The first-order valence-electron chi connectivity index (χ1n) is 9.36. The van der Waals surface area contributed by atoms with E-state index in [1.165, 1.54) is 12.5 Å². The van der Waals surface area contributed by atoms with Crippen molar-refractivity contribution in [2.45, 2.75) is 33.1 Å². The maximum atomic E-state index is 12.4. The summed E-state index contributed by atoms with van der Waals surface area (Å²) in [6, 6.07) is 18.1. The van der Waals surface area contributed by atoms with Crippen molar-refractivity contribution in [2.75, 3.05) is 10.6 Å². The summed E-state index contributed by atoms with van der Waals surface area (Å²) < 4.78 is 0. The summed E-state index contributed by atoms with van der Waals surface area (Å²) in [6.07, 6.45) is 0. The molecule has 0 saturated heterocycles. The van der Waals surface area contributed by atoms with E-state index in [1.54, 1.807) is 30.3 Å². The molecule has 0 unspecified atom stereocenters. The zero-order valence-electron chi connectivity index (χ0n) is 17.0. The minimum atomic E-state index is -0.328. The van der Waals surface area contributed by atoms with Gasteiger partial charge in [-0.05, 0) is 54.3 Å². The summed E-state index contributed by atoms with van der Waals surface area (Å²) in [6.45, 7) is 7.94. The number of hydrogen-bond acceptors (Lipinski definition) is 5. The van der Waals surface area contributed by atoms with Crippen LogP contribution in [0.15, 0.2) is 60.7 Å². The van der Waals surface area contributed by atoms with E-state index in [4.69, 9.17) is 0 Å². The van der Waals surface area contributed by atoms with Gasteiger partial charge in [-0.1, -0.05) is 45.0 Å². The number of hydrogen-bond donors (Lipinski definition) is 2. The molecule has 0 aliphatic carbocycles. The molecule has 0 aliphatic heterocycles. The lowest BCUT2D eigenvalue weighted by molar-refractivity contribution is 0.101. The summed E-state index contributed by atoms with van der Waals surface area (Å²) in [7, 11) is 0. The van der Waals surface area contributed by atoms with Crippen molar-refractivity contribution in [1.82, 2.24) is 10.2 Å². The molecule has 0 radical (unpaired) electrons. The lowest BCUT2D eigenvalue weighted by Gasteiger charge is -2.19. The van der Waals surface area contributed by atoms with Crippen LogP contribution in [0.3, 0.4) is 0 Å². The number of rotatable bonds is 5. The van der Waals surface area contributed by atoms with Gasteiger partial charge in [-0.15, -0.1) is 10.2 Å². The molecule has 148 valence electrons. The van der Waals surface area contributed by atoms with Gasteiger partial charge in [-0.3, -0.25) is 9.59 Å². The Morgan fingerprint density at radius 3 is 2.17 bits per heavy atom. The van der Waals surface area contributed by atoms with Crippen molar-refractivity contribution in [3.8, 4) is 0 Å². The van der Waals surface area contributed by atoms with Gasteiger partial charge < -0.3 is 10.6 Å². The number of carbonyl (C=O) groups is 2. The Balaban J connectivity index is 1.66. The van der Waals surface area contributed by atoms with Gasteiger partial charge in [0.1, 0.15) is 0 Å². The van der Waals surface area contributed by atoms with Gasteiger partial charge in [0.2, 0.25) is 0 Å². The summed E-state index contributed by atoms with van der Waals surface area (Å²) in [5.41, 5.74) is 3.50. The van der Waals surface area contributed by atoms with Crippen molar-refractivity contribution >= 4 is 28.9 Å². The van der Waals surface area contributed by atoms with E-state index in [-0.39, 0.29) is 22.8 Å². The van der Waals surface area contributed by atoms with E-state index in [1.807, 2.05) is 30.3 Å². The maximum Gasteiger partial charge on any atom is 0.276 e. The quantitative estimate of drug-likeness (QED) is 0.603. The second-order valence-electron chi connectivity index (χ2n) is 7.85. The zero-order chi connectivity index (χ0) is 21.0. The van der Waals surface area contributed by atoms with E-state index in [0.29, 0.717) is 17.1 Å². The molecule has 1 aromatic heterocycles. The Morgan fingerprint density at radius 1 is 0.862 bits per heavy atom.